The van der Waals surface area contributed by atoms with E-state index in [-0.39, 0.29) is 5.91 Å². The highest BCUT2D eigenvalue weighted by atomic mass is 32.1. The third kappa shape index (κ3) is 2.18. The summed E-state index contributed by atoms with van der Waals surface area (Å²) in [5.41, 5.74) is 5.98. The minimum Gasteiger partial charge on any atom is -0.318 e. The summed E-state index contributed by atoms with van der Waals surface area (Å²) in [5.74, 6) is -0.185. The molecule has 1 aliphatic rings. The van der Waals surface area contributed by atoms with Gasteiger partial charge >= 0.3 is 0 Å². The van der Waals surface area contributed by atoms with E-state index in [0.717, 1.165) is 18.5 Å². The molecule has 82 valence electrons. The van der Waals surface area contributed by atoms with Crippen LogP contribution in [0.2, 0.25) is 0 Å². The summed E-state index contributed by atoms with van der Waals surface area (Å²) >= 11 is 1.57. The Morgan fingerprint density at radius 1 is 1.53 bits per heavy atom. The molecule has 0 spiro atoms. The second-order valence-electron chi connectivity index (χ2n) is 4.42. The first-order chi connectivity index (χ1) is 6.97. The van der Waals surface area contributed by atoms with Crippen LogP contribution in [0.5, 0.6) is 0 Å². The number of amides is 1. The maximum absolute atomic E-state index is 11.6. The lowest BCUT2D eigenvalue weighted by atomic mass is 10.1. The molecule has 1 aliphatic carbocycles. The van der Waals surface area contributed by atoms with E-state index in [1.165, 1.54) is 11.3 Å². The van der Waals surface area contributed by atoms with Crippen LogP contribution >= 0.6 is 11.3 Å². The number of fused-ring (bicyclic) bond motifs is 1. The molecule has 2 rings (SSSR count). The number of rotatable bonds is 2. The number of aryl methyl sites for hydroxylation is 2. The van der Waals surface area contributed by atoms with Gasteiger partial charge in [-0.2, -0.15) is 0 Å². The molecule has 0 radical (unpaired) electrons. The number of nitrogens with two attached hydrogens (primary N) is 1. The normalized spacial score (nSPS) is 15.1. The molecule has 5 heteroatoms. The van der Waals surface area contributed by atoms with Gasteiger partial charge in [-0.05, 0) is 33.1 Å². The van der Waals surface area contributed by atoms with Crippen molar-refractivity contribution in [3.05, 3.63) is 10.6 Å². The van der Waals surface area contributed by atoms with Crippen molar-refractivity contribution in [1.29, 1.82) is 0 Å². The molecule has 1 aromatic rings. The molecule has 0 atom stereocenters. The van der Waals surface area contributed by atoms with Crippen LogP contribution in [-0.2, 0) is 17.6 Å². The lowest BCUT2D eigenvalue weighted by Crippen LogP contribution is -2.45. The Morgan fingerprint density at radius 2 is 2.27 bits per heavy atom. The highest BCUT2D eigenvalue weighted by Crippen LogP contribution is 2.30. The first-order valence-electron chi connectivity index (χ1n) is 5.06. The van der Waals surface area contributed by atoms with Crippen molar-refractivity contribution in [1.82, 2.24) is 4.98 Å². The molecule has 0 aromatic carbocycles. The van der Waals surface area contributed by atoms with Crippen molar-refractivity contribution >= 4 is 22.4 Å². The van der Waals surface area contributed by atoms with Crippen LogP contribution in [0.1, 0.15) is 30.8 Å². The van der Waals surface area contributed by atoms with Crippen LogP contribution in [-0.4, -0.2) is 16.4 Å². The third-order valence-electron chi connectivity index (χ3n) is 2.40. The molecule has 15 heavy (non-hydrogen) atoms. The maximum Gasteiger partial charge on any atom is 0.245 e. The lowest BCUT2D eigenvalue weighted by molar-refractivity contribution is -0.120. The summed E-state index contributed by atoms with van der Waals surface area (Å²) in [6.45, 7) is 3.37. The number of nitrogens with one attached hydrogen (secondary N) is 1. The van der Waals surface area contributed by atoms with Crippen molar-refractivity contribution in [3.8, 4) is 0 Å². The van der Waals surface area contributed by atoms with E-state index in [9.17, 15) is 4.79 Å². The van der Waals surface area contributed by atoms with Gasteiger partial charge in [0, 0.05) is 4.88 Å². The second kappa shape index (κ2) is 3.57. The van der Waals surface area contributed by atoms with Gasteiger partial charge < -0.3 is 11.1 Å². The summed E-state index contributed by atoms with van der Waals surface area (Å²) in [6.07, 6.45) is 3.31. The molecule has 0 bridgehead atoms. The van der Waals surface area contributed by atoms with Gasteiger partial charge in [-0.1, -0.05) is 0 Å². The smallest absolute Gasteiger partial charge is 0.245 e. The molecule has 4 nitrogen and oxygen atoms in total. The Bertz CT molecular complexity index is 370. The summed E-state index contributed by atoms with van der Waals surface area (Å²) in [6, 6.07) is 0. The predicted octanol–water partition coefficient (Wildman–Crippen LogP) is 1.31. The number of hydrogen-bond acceptors (Lipinski definition) is 4. The molecule has 1 aromatic heterocycles. The highest BCUT2D eigenvalue weighted by molar-refractivity contribution is 7.15. The molecule has 0 saturated carbocycles. The first-order valence-corrected chi connectivity index (χ1v) is 5.87. The van der Waals surface area contributed by atoms with E-state index < -0.39 is 5.54 Å². The Hall–Kier alpha value is -0.940. The molecule has 3 N–H and O–H groups in total. The molecule has 1 amide bonds. The van der Waals surface area contributed by atoms with Crippen molar-refractivity contribution < 1.29 is 4.79 Å². The zero-order valence-corrected chi connectivity index (χ0v) is 9.78. The minimum absolute atomic E-state index is 0.185. The number of aromatic nitrogens is 1. The fraction of sp³-hybridized carbons (Fsp3) is 0.600. The van der Waals surface area contributed by atoms with Gasteiger partial charge in [0.15, 0.2) is 5.13 Å². The molecule has 0 fully saturated rings. The van der Waals surface area contributed by atoms with Gasteiger partial charge in [0.25, 0.3) is 0 Å². The van der Waals surface area contributed by atoms with E-state index in [1.54, 1.807) is 25.2 Å². The largest absolute Gasteiger partial charge is 0.318 e. The Morgan fingerprint density at radius 3 is 2.87 bits per heavy atom. The number of carbonyl (C=O) groups excluding carboxylic acids is 1. The van der Waals surface area contributed by atoms with Gasteiger partial charge in [0.05, 0.1) is 11.2 Å². The van der Waals surface area contributed by atoms with Gasteiger partial charge in [-0.25, -0.2) is 4.98 Å². The average molecular weight is 225 g/mol. The SMILES string of the molecule is CC(C)(N)C(=O)Nc1nc2c(s1)CCC2. The first kappa shape index (κ1) is 10.6. The molecular weight excluding hydrogens is 210 g/mol. The number of hydrogen-bond donors (Lipinski definition) is 2. The van der Waals surface area contributed by atoms with Crippen molar-refractivity contribution in [2.75, 3.05) is 5.32 Å². The van der Waals surface area contributed by atoms with Crippen LogP contribution in [0.3, 0.4) is 0 Å². The zero-order chi connectivity index (χ0) is 11.1. The van der Waals surface area contributed by atoms with Crippen molar-refractivity contribution in [2.24, 2.45) is 5.73 Å². The van der Waals surface area contributed by atoms with Crippen molar-refractivity contribution in [2.45, 2.75) is 38.6 Å². The molecule has 1 heterocycles. The number of thiazole rings is 1. The second-order valence-corrected chi connectivity index (χ2v) is 5.50. The fourth-order valence-corrected chi connectivity index (χ4v) is 2.55. The summed E-state index contributed by atoms with van der Waals surface area (Å²) in [5, 5.41) is 3.44. The molecule has 0 aliphatic heterocycles. The number of anilines is 1. The van der Waals surface area contributed by atoms with Gasteiger partial charge in [0.2, 0.25) is 5.91 Å². The quantitative estimate of drug-likeness (QED) is 0.797. The Balaban J connectivity index is 2.09. The standard InChI is InChI=1S/C10H15N3OS/c1-10(2,11)8(14)13-9-12-6-4-3-5-7(6)15-9/h3-5,11H2,1-2H3,(H,12,13,14). The average Bonchev–Trinajstić information content (AvgIpc) is 2.61. The minimum atomic E-state index is -0.851. The molecule has 0 saturated heterocycles. The summed E-state index contributed by atoms with van der Waals surface area (Å²) < 4.78 is 0. The van der Waals surface area contributed by atoms with Crippen molar-refractivity contribution in [3.63, 3.8) is 0 Å². The van der Waals surface area contributed by atoms with Gasteiger partial charge in [-0.15, -0.1) is 11.3 Å². The Labute approximate surface area is 92.9 Å². The summed E-state index contributed by atoms with van der Waals surface area (Å²) in [7, 11) is 0. The Kier molecular flexibility index (Phi) is 2.52. The highest BCUT2D eigenvalue weighted by Gasteiger charge is 2.24. The summed E-state index contributed by atoms with van der Waals surface area (Å²) in [4.78, 5) is 17.3. The third-order valence-corrected chi connectivity index (χ3v) is 3.47. The topological polar surface area (TPSA) is 68.0 Å². The van der Waals surface area contributed by atoms with E-state index in [0.29, 0.717) is 5.13 Å². The maximum atomic E-state index is 11.6. The van der Waals surface area contributed by atoms with Crippen LogP contribution in [0.25, 0.3) is 0 Å². The number of carbonyl (C=O) groups is 1. The van der Waals surface area contributed by atoms with Gasteiger partial charge in [0.1, 0.15) is 0 Å². The number of nitrogens with zero attached hydrogens (tertiary/aromatic N) is 1. The van der Waals surface area contributed by atoms with E-state index >= 15 is 0 Å². The van der Waals surface area contributed by atoms with E-state index in [1.807, 2.05) is 0 Å². The van der Waals surface area contributed by atoms with Crippen LogP contribution in [0.15, 0.2) is 0 Å². The zero-order valence-electron chi connectivity index (χ0n) is 8.96. The van der Waals surface area contributed by atoms with Crippen LogP contribution in [0, 0.1) is 0 Å². The van der Waals surface area contributed by atoms with E-state index in [2.05, 4.69) is 10.3 Å². The van der Waals surface area contributed by atoms with Gasteiger partial charge in [-0.3, -0.25) is 4.79 Å². The fourth-order valence-electron chi connectivity index (χ4n) is 1.50. The van der Waals surface area contributed by atoms with Crippen LogP contribution in [0.4, 0.5) is 5.13 Å². The van der Waals surface area contributed by atoms with E-state index in [4.69, 9.17) is 5.73 Å². The monoisotopic (exact) mass is 225 g/mol. The van der Waals surface area contributed by atoms with Crippen LogP contribution < -0.4 is 11.1 Å². The predicted molar refractivity (Wildman–Crippen MR) is 61.0 cm³/mol. The molecular formula is C10H15N3OS. The lowest BCUT2D eigenvalue weighted by Gasteiger charge is -2.16. The molecule has 0 unspecified atom stereocenters.